The Hall–Kier alpha value is -0.240. The molecule has 0 aliphatic carbocycles. The first-order valence-corrected chi connectivity index (χ1v) is 13.8. The number of thioether (sulfide) groups is 1. The van der Waals surface area contributed by atoms with E-state index in [-0.39, 0.29) is 35.7 Å². The number of carbonyl (C=O) groups excluding carboxylic acids is 2. The first-order chi connectivity index (χ1) is 13.3. The lowest BCUT2D eigenvalue weighted by Crippen LogP contribution is -2.43. The Labute approximate surface area is 186 Å². The first-order valence-electron chi connectivity index (χ1n) is 10.7. The van der Waals surface area contributed by atoms with Crippen LogP contribution < -0.4 is 10.6 Å². The monoisotopic (exact) mass is 450 g/mol. The van der Waals surface area contributed by atoms with Crippen molar-refractivity contribution in [3.05, 3.63) is 0 Å². The molecule has 3 unspecified atom stereocenters. The lowest BCUT2D eigenvalue weighted by atomic mass is 9.99. The number of hydrogen-bond donors (Lipinski definition) is 2. The van der Waals surface area contributed by atoms with E-state index in [1.54, 1.807) is 18.0 Å². The molecule has 0 aliphatic heterocycles. The summed E-state index contributed by atoms with van der Waals surface area (Å²) in [6.45, 7) is 15.9. The standard InChI is InChI=1S/C11H23NO2S.C11H23NOS/c1-8(2)11(13)10(12-9(3)4)6-7-15(5)14;1-8(2)11(13)10(6-7-14-5)12-9(3)4/h8-10,12H,6-7H2,1-5H3;8-10,12H,6-7H2,1-5H3. The molecule has 0 aromatic carbocycles. The molecule has 0 aromatic rings. The first kappa shape index (κ1) is 30.9. The summed E-state index contributed by atoms with van der Waals surface area (Å²) in [4.78, 5) is 23.6. The maximum absolute atomic E-state index is 11.8. The highest BCUT2D eigenvalue weighted by molar-refractivity contribution is 7.98. The molecule has 0 amide bonds. The highest BCUT2D eigenvalue weighted by atomic mass is 32.2. The van der Waals surface area contributed by atoms with Crippen LogP contribution in [0.15, 0.2) is 0 Å². The van der Waals surface area contributed by atoms with Gasteiger partial charge in [0.15, 0.2) is 11.6 Å². The van der Waals surface area contributed by atoms with Gasteiger partial charge in [0.05, 0.1) is 12.1 Å². The second-order valence-electron chi connectivity index (χ2n) is 8.71. The van der Waals surface area contributed by atoms with Gasteiger partial charge < -0.3 is 10.6 Å². The fourth-order valence-electron chi connectivity index (χ4n) is 2.74. The molecule has 5 nitrogen and oxygen atoms in total. The SMILES string of the molecule is CC(C)NC(CCS(C)=O)C(=O)C(C)C.CSCCC(NC(C)C)C(=O)C(C)C. The summed E-state index contributed by atoms with van der Waals surface area (Å²) in [5.41, 5.74) is 0. The molecule has 0 heterocycles. The van der Waals surface area contributed by atoms with Gasteiger partial charge in [-0.3, -0.25) is 13.8 Å². The average Bonchev–Trinajstić information content (AvgIpc) is 2.60. The molecule has 3 atom stereocenters. The third-order valence-electron chi connectivity index (χ3n) is 4.20. The fraction of sp³-hybridized carbons (Fsp3) is 0.909. The van der Waals surface area contributed by atoms with Crippen LogP contribution in [-0.2, 0) is 20.4 Å². The van der Waals surface area contributed by atoms with Gasteiger partial charge in [-0.05, 0) is 24.9 Å². The van der Waals surface area contributed by atoms with E-state index in [9.17, 15) is 13.8 Å². The second-order valence-corrected chi connectivity index (χ2v) is 11.2. The third kappa shape index (κ3) is 17.2. The molecule has 0 fully saturated rings. The van der Waals surface area contributed by atoms with Crippen LogP contribution in [0.2, 0.25) is 0 Å². The number of carbonyl (C=O) groups is 2. The van der Waals surface area contributed by atoms with E-state index in [1.165, 1.54) is 0 Å². The van der Waals surface area contributed by atoms with Gasteiger partial charge in [0, 0.05) is 46.7 Å². The van der Waals surface area contributed by atoms with Gasteiger partial charge in [0.2, 0.25) is 0 Å². The van der Waals surface area contributed by atoms with E-state index in [4.69, 9.17) is 0 Å². The number of Topliss-reactive ketones (excluding diaryl/α,β-unsaturated/α-hetero) is 2. The van der Waals surface area contributed by atoms with Crippen LogP contribution >= 0.6 is 11.8 Å². The normalized spacial score (nSPS) is 14.7. The van der Waals surface area contributed by atoms with Gasteiger partial charge in [-0.25, -0.2) is 0 Å². The molecule has 0 aliphatic rings. The number of nitrogens with one attached hydrogen (secondary N) is 2. The van der Waals surface area contributed by atoms with Crippen molar-refractivity contribution < 1.29 is 13.8 Å². The summed E-state index contributed by atoms with van der Waals surface area (Å²) in [5.74, 6) is 2.35. The minimum absolute atomic E-state index is 0.0338. The van der Waals surface area contributed by atoms with Gasteiger partial charge >= 0.3 is 0 Å². The lowest BCUT2D eigenvalue weighted by molar-refractivity contribution is -0.124. The summed E-state index contributed by atoms with van der Waals surface area (Å²) >= 11 is 1.79. The van der Waals surface area contributed by atoms with Crippen molar-refractivity contribution in [2.75, 3.05) is 24.0 Å². The Morgan fingerprint density at radius 2 is 1.17 bits per heavy atom. The van der Waals surface area contributed by atoms with Crippen LogP contribution in [0.25, 0.3) is 0 Å². The van der Waals surface area contributed by atoms with Crippen molar-refractivity contribution in [1.82, 2.24) is 10.6 Å². The topological polar surface area (TPSA) is 75.3 Å². The van der Waals surface area contributed by atoms with Gasteiger partial charge in [-0.1, -0.05) is 55.4 Å². The van der Waals surface area contributed by atoms with Crippen LogP contribution in [0.3, 0.4) is 0 Å². The van der Waals surface area contributed by atoms with Crippen LogP contribution in [0.1, 0.15) is 68.2 Å². The molecule has 0 aromatic heterocycles. The van der Waals surface area contributed by atoms with E-state index >= 15 is 0 Å². The Kier molecular flexibility index (Phi) is 18.6. The third-order valence-corrected chi connectivity index (χ3v) is 5.65. The predicted molar refractivity (Wildman–Crippen MR) is 130 cm³/mol. The summed E-state index contributed by atoms with van der Waals surface area (Å²) in [7, 11) is -0.823. The summed E-state index contributed by atoms with van der Waals surface area (Å²) in [5, 5.41) is 6.57. The zero-order valence-electron chi connectivity index (χ0n) is 20.3. The van der Waals surface area contributed by atoms with Crippen molar-refractivity contribution in [3.8, 4) is 0 Å². The van der Waals surface area contributed by atoms with Crippen molar-refractivity contribution in [2.45, 2.75) is 92.4 Å². The molecule has 29 heavy (non-hydrogen) atoms. The second kappa shape index (κ2) is 17.4. The highest BCUT2D eigenvalue weighted by Crippen LogP contribution is 2.08. The molecule has 0 saturated carbocycles. The molecular weight excluding hydrogens is 404 g/mol. The molecule has 0 radical (unpaired) electrons. The van der Waals surface area contributed by atoms with Crippen molar-refractivity contribution in [3.63, 3.8) is 0 Å². The van der Waals surface area contributed by atoms with Crippen LogP contribution in [-0.4, -0.2) is 64.0 Å². The molecular formula is C22H46N2O3S2. The molecule has 7 heteroatoms. The smallest absolute Gasteiger partial charge is 0.152 e. The summed E-state index contributed by atoms with van der Waals surface area (Å²) < 4.78 is 11.0. The van der Waals surface area contributed by atoms with Crippen molar-refractivity contribution >= 4 is 34.1 Å². The molecule has 0 bridgehead atoms. The van der Waals surface area contributed by atoms with Crippen molar-refractivity contribution in [2.24, 2.45) is 11.8 Å². The zero-order valence-corrected chi connectivity index (χ0v) is 22.0. The van der Waals surface area contributed by atoms with E-state index in [0.29, 0.717) is 24.0 Å². The Bertz CT molecular complexity index is 481. The minimum Gasteiger partial charge on any atom is -0.305 e. The van der Waals surface area contributed by atoms with Crippen LogP contribution in [0.4, 0.5) is 0 Å². The fourth-order valence-corrected chi connectivity index (χ4v) is 3.78. The van der Waals surface area contributed by atoms with Crippen molar-refractivity contribution in [1.29, 1.82) is 0 Å². The number of hydrogen-bond acceptors (Lipinski definition) is 6. The van der Waals surface area contributed by atoms with Gasteiger partial charge in [-0.2, -0.15) is 11.8 Å². The Balaban J connectivity index is 0. The molecule has 0 spiro atoms. The van der Waals surface area contributed by atoms with Gasteiger partial charge in [-0.15, -0.1) is 0 Å². The van der Waals surface area contributed by atoms with Gasteiger partial charge in [0.25, 0.3) is 0 Å². The van der Waals surface area contributed by atoms with E-state index < -0.39 is 10.8 Å². The molecule has 2 N–H and O–H groups in total. The van der Waals surface area contributed by atoms with Gasteiger partial charge in [0.1, 0.15) is 0 Å². The van der Waals surface area contributed by atoms with Crippen LogP contribution in [0.5, 0.6) is 0 Å². The largest absolute Gasteiger partial charge is 0.305 e. The Morgan fingerprint density at radius 3 is 1.45 bits per heavy atom. The predicted octanol–water partition coefficient (Wildman–Crippen LogP) is 3.68. The molecule has 0 saturated heterocycles. The quantitative estimate of drug-likeness (QED) is 0.420. The highest BCUT2D eigenvalue weighted by Gasteiger charge is 2.22. The lowest BCUT2D eigenvalue weighted by Gasteiger charge is -2.21. The minimum atomic E-state index is -0.823. The van der Waals surface area contributed by atoms with E-state index in [1.807, 2.05) is 41.5 Å². The number of rotatable bonds is 14. The number of ketones is 2. The van der Waals surface area contributed by atoms with E-state index in [2.05, 4.69) is 30.7 Å². The summed E-state index contributed by atoms with van der Waals surface area (Å²) in [6, 6.07) is 0.559. The maximum Gasteiger partial charge on any atom is 0.152 e. The average molecular weight is 451 g/mol. The van der Waals surface area contributed by atoms with Crippen LogP contribution in [0, 0.1) is 11.8 Å². The Morgan fingerprint density at radius 1 is 0.793 bits per heavy atom. The maximum atomic E-state index is 11.8. The summed E-state index contributed by atoms with van der Waals surface area (Å²) in [6.07, 6.45) is 5.35. The van der Waals surface area contributed by atoms with E-state index in [0.717, 1.165) is 12.2 Å². The zero-order chi connectivity index (χ0) is 23.1. The molecule has 0 rings (SSSR count). The molecule has 174 valence electrons.